The van der Waals surface area contributed by atoms with Crippen molar-refractivity contribution in [3.63, 3.8) is 0 Å². The lowest BCUT2D eigenvalue weighted by molar-refractivity contribution is -0.146. The Hall–Kier alpha value is -2.13. The summed E-state index contributed by atoms with van der Waals surface area (Å²) in [5.41, 5.74) is 1.34. The molecule has 0 saturated heterocycles. The lowest BCUT2D eigenvalue weighted by atomic mass is 9.82. The molecule has 2 N–H and O–H groups in total. The number of carbonyl (C=O) groups excluding carboxylic acids is 1. The molecule has 1 heterocycles. The highest BCUT2D eigenvalue weighted by Gasteiger charge is 2.51. The van der Waals surface area contributed by atoms with Gasteiger partial charge in [-0.1, -0.05) is 12.2 Å². The Kier molecular flexibility index (Phi) is 3.53. The Labute approximate surface area is 132 Å². The standard InChI is InChI=1S/C16H16N2O3S/c1-7-8(2)22-15(11(7)6-17)18-14(19)12-9-3-4-10(5-9)13(12)16(20)21/h3-4,9-10,12-13H,5H2,1-2H3,(H,18,19)(H,20,21)/t9-,10-,12-,13-/m0/s1. The molecule has 1 saturated carbocycles. The van der Waals surface area contributed by atoms with Crippen molar-refractivity contribution in [2.24, 2.45) is 23.7 Å². The maximum absolute atomic E-state index is 12.6. The first-order valence-electron chi connectivity index (χ1n) is 7.16. The van der Waals surface area contributed by atoms with E-state index in [-0.39, 0.29) is 17.7 Å². The minimum absolute atomic E-state index is 0.0150. The first kappa shape index (κ1) is 14.8. The van der Waals surface area contributed by atoms with E-state index in [1.54, 1.807) is 0 Å². The Morgan fingerprint density at radius 2 is 1.95 bits per heavy atom. The summed E-state index contributed by atoms with van der Waals surface area (Å²) < 4.78 is 0. The van der Waals surface area contributed by atoms with E-state index in [2.05, 4.69) is 11.4 Å². The van der Waals surface area contributed by atoms with Crippen LogP contribution in [0.15, 0.2) is 12.2 Å². The molecule has 0 spiro atoms. The number of carboxylic acid groups (broad SMARTS) is 1. The van der Waals surface area contributed by atoms with Gasteiger partial charge >= 0.3 is 5.97 Å². The first-order valence-corrected chi connectivity index (χ1v) is 7.97. The number of hydrogen-bond acceptors (Lipinski definition) is 4. The second kappa shape index (κ2) is 5.25. The largest absolute Gasteiger partial charge is 0.481 e. The van der Waals surface area contributed by atoms with Crippen LogP contribution in [0.5, 0.6) is 0 Å². The quantitative estimate of drug-likeness (QED) is 0.839. The molecular formula is C16H16N2O3S. The zero-order chi connectivity index (χ0) is 16.0. The van der Waals surface area contributed by atoms with Crippen molar-refractivity contribution in [2.75, 3.05) is 5.32 Å². The van der Waals surface area contributed by atoms with Crippen LogP contribution in [0.4, 0.5) is 5.00 Å². The normalized spacial score (nSPS) is 28.6. The van der Waals surface area contributed by atoms with Crippen molar-refractivity contribution in [3.05, 3.63) is 28.2 Å². The number of aliphatic carboxylic acids is 1. The van der Waals surface area contributed by atoms with E-state index in [0.717, 1.165) is 16.9 Å². The van der Waals surface area contributed by atoms with E-state index in [4.69, 9.17) is 0 Å². The zero-order valence-electron chi connectivity index (χ0n) is 12.3. The van der Waals surface area contributed by atoms with Crippen LogP contribution in [0, 0.1) is 48.9 Å². The lowest BCUT2D eigenvalue weighted by Gasteiger charge is -2.23. The van der Waals surface area contributed by atoms with Gasteiger partial charge in [-0.15, -0.1) is 11.3 Å². The molecule has 2 bridgehead atoms. The summed E-state index contributed by atoms with van der Waals surface area (Å²) >= 11 is 1.36. The van der Waals surface area contributed by atoms with Gasteiger partial charge in [0.25, 0.3) is 0 Å². The van der Waals surface area contributed by atoms with Crippen LogP contribution in [0.2, 0.25) is 0 Å². The maximum atomic E-state index is 12.6. The summed E-state index contributed by atoms with van der Waals surface area (Å²) in [4.78, 5) is 25.1. The van der Waals surface area contributed by atoms with Gasteiger partial charge < -0.3 is 10.4 Å². The van der Waals surface area contributed by atoms with Gasteiger partial charge in [0.1, 0.15) is 11.1 Å². The lowest BCUT2D eigenvalue weighted by Crippen LogP contribution is -2.36. The molecule has 1 amide bonds. The SMILES string of the molecule is Cc1sc(NC(=O)[C@@H]2[C@@H](C(=O)O)[C@H]3C=C[C@H]2C3)c(C#N)c1C. The fourth-order valence-corrected chi connectivity index (χ4v) is 4.57. The number of aryl methyl sites for hydroxylation is 1. The fourth-order valence-electron chi connectivity index (χ4n) is 3.56. The van der Waals surface area contributed by atoms with Crippen LogP contribution < -0.4 is 5.32 Å². The Morgan fingerprint density at radius 1 is 1.32 bits per heavy atom. The van der Waals surface area contributed by atoms with Gasteiger partial charge in [0.05, 0.1) is 17.4 Å². The van der Waals surface area contributed by atoms with Gasteiger partial charge in [-0.2, -0.15) is 5.26 Å². The van der Waals surface area contributed by atoms with Crippen molar-refractivity contribution in [1.29, 1.82) is 5.26 Å². The number of fused-ring (bicyclic) bond motifs is 2. The predicted octanol–water partition coefficient (Wildman–Crippen LogP) is 2.70. The number of hydrogen-bond donors (Lipinski definition) is 2. The van der Waals surface area contributed by atoms with Gasteiger partial charge in [0.15, 0.2) is 0 Å². The third-order valence-corrected chi connectivity index (χ3v) is 5.90. The van der Waals surface area contributed by atoms with Gasteiger partial charge in [0, 0.05) is 4.88 Å². The number of rotatable bonds is 3. The minimum Gasteiger partial charge on any atom is -0.481 e. The summed E-state index contributed by atoms with van der Waals surface area (Å²) in [5, 5.41) is 22.0. The van der Waals surface area contributed by atoms with Crippen molar-refractivity contribution >= 4 is 28.2 Å². The van der Waals surface area contributed by atoms with E-state index in [9.17, 15) is 20.0 Å². The van der Waals surface area contributed by atoms with Crippen LogP contribution in [0.25, 0.3) is 0 Å². The van der Waals surface area contributed by atoms with E-state index in [1.807, 2.05) is 26.0 Å². The third-order valence-electron chi connectivity index (χ3n) is 4.78. The maximum Gasteiger partial charge on any atom is 0.307 e. The van der Waals surface area contributed by atoms with Crippen LogP contribution in [-0.2, 0) is 9.59 Å². The molecule has 6 heteroatoms. The number of carboxylic acids is 1. The molecular weight excluding hydrogens is 300 g/mol. The van der Waals surface area contributed by atoms with E-state index < -0.39 is 17.8 Å². The average Bonchev–Trinajstić information content (AvgIpc) is 3.13. The molecule has 0 aliphatic heterocycles. The molecule has 1 fully saturated rings. The van der Waals surface area contributed by atoms with Gasteiger partial charge in [0.2, 0.25) is 5.91 Å². The molecule has 0 aromatic carbocycles. The second-order valence-electron chi connectivity index (χ2n) is 5.93. The third kappa shape index (κ3) is 2.13. The van der Waals surface area contributed by atoms with E-state index in [1.165, 1.54) is 11.3 Å². The highest BCUT2D eigenvalue weighted by atomic mass is 32.1. The number of carbonyl (C=O) groups is 2. The Balaban J connectivity index is 1.86. The molecule has 22 heavy (non-hydrogen) atoms. The molecule has 5 nitrogen and oxygen atoms in total. The summed E-state index contributed by atoms with van der Waals surface area (Å²) in [6, 6.07) is 2.11. The molecule has 3 rings (SSSR count). The van der Waals surface area contributed by atoms with E-state index in [0.29, 0.717) is 10.6 Å². The summed E-state index contributed by atoms with van der Waals surface area (Å²) in [6.45, 7) is 3.75. The van der Waals surface area contributed by atoms with Crippen molar-refractivity contribution in [1.82, 2.24) is 0 Å². The topological polar surface area (TPSA) is 90.2 Å². The number of thiophene rings is 1. The first-order chi connectivity index (χ1) is 10.4. The van der Waals surface area contributed by atoms with Crippen LogP contribution in [0.1, 0.15) is 22.4 Å². The second-order valence-corrected chi connectivity index (χ2v) is 7.15. The Bertz CT molecular complexity index is 728. The molecule has 114 valence electrons. The summed E-state index contributed by atoms with van der Waals surface area (Å²) in [5.74, 6) is -2.50. The number of nitrogens with one attached hydrogen (secondary N) is 1. The molecule has 2 aliphatic carbocycles. The number of nitriles is 1. The molecule has 4 atom stereocenters. The van der Waals surface area contributed by atoms with Crippen LogP contribution in [-0.4, -0.2) is 17.0 Å². The molecule has 0 unspecified atom stereocenters. The summed E-state index contributed by atoms with van der Waals surface area (Å²) in [7, 11) is 0. The average molecular weight is 316 g/mol. The number of nitrogens with zero attached hydrogens (tertiary/aromatic N) is 1. The van der Waals surface area contributed by atoms with Crippen molar-refractivity contribution in [3.8, 4) is 6.07 Å². The monoisotopic (exact) mass is 316 g/mol. The number of anilines is 1. The number of amides is 1. The highest BCUT2D eigenvalue weighted by molar-refractivity contribution is 7.16. The molecule has 1 aromatic rings. The molecule has 2 aliphatic rings. The predicted molar refractivity (Wildman–Crippen MR) is 82.5 cm³/mol. The van der Waals surface area contributed by atoms with E-state index >= 15 is 0 Å². The zero-order valence-corrected chi connectivity index (χ0v) is 13.1. The smallest absolute Gasteiger partial charge is 0.307 e. The van der Waals surface area contributed by atoms with Gasteiger partial charge in [-0.3, -0.25) is 9.59 Å². The van der Waals surface area contributed by atoms with Crippen LogP contribution >= 0.6 is 11.3 Å². The molecule has 0 radical (unpaired) electrons. The molecule has 1 aromatic heterocycles. The fraction of sp³-hybridized carbons (Fsp3) is 0.438. The summed E-state index contributed by atoms with van der Waals surface area (Å²) in [6.07, 6.45) is 4.58. The minimum atomic E-state index is -0.920. The Morgan fingerprint density at radius 3 is 2.55 bits per heavy atom. The number of allylic oxidation sites excluding steroid dienone is 2. The van der Waals surface area contributed by atoms with Crippen molar-refractivity contribution in [2.45, 2.75) is 20.3 Å². The van der Waals surface area contributed by atoms with Gasteiger partial charge in [-0.05, 0) is 37.7 Å². The highest BCUT2D eigenvalue weighted by Crippen LogP contribution is 2.48. The van der Waals surface area contributed by atoms with Crippen molar-refractivity contribution < 1.29 is 14.7 Å². The van der Waals surface area contributed by atoms with Crippen LogP contribution in [0.3, 0.4) is 0 Å². The van der Waals surface area contributed by atoms with Gasteiger partial charge in [-0.25, -0.2) is 0 Å².